The van der Waals surface area contributed by atoms with Crippen LogP contribution in [0, 0.1) is 13.8 Å². The molecule has 0 N–H and O–H groups in total. The summed E-state index contributed by atoms with van der Waals surface area (Å²) in [7, 11) is 0. The normalized spacial score (nSPS) is 15.7. The van der Waals surface area contributed by atoms with Gasteiger partial charge in [0, 0.05) is 38.2 Å². The number of amides is 1. The molecule has 0 saturated carbocycles. The molecule has 0 aliphatic carbocycles. The van der Waals surface area contributed by atoms with Gasteiger partial charge in [-0.25, -0.2) is 0 Å². The van der Waals surface area contributed by atoms with Gasteiger partial charge in [-0.05, 0) is 37.5 Å². The van der Waals surface area contributed by atoms with Crippen molar-refractivity contribution < 1.29 is 9.59 Å². The zero-order valence-corrected chi connectivity index (χ0v) is 14.6. The summed E-state index contributed by atoms with van der Waals surface area (Å²) in [6.07, 6.45) is 2.67. The van der Waals surface area contributed by atoms with Gasteiger partial charge in [-0.1, -0.05) is 25.5 Å². The molecule has 1 heterocycles. The number of hydrogen-bond donors (Lipinski definition) is 0. The van der Waals surface area contributed by atoms with Crippen LogP contribution < -0.4 is 0 Å². The summed E-state index contributed by atoms with van der Waals surface area (Å²) >= 11 is 0. The molecule has 0 radical (unpaired) electrons. The molecular weight excluding hydrogens is 288 g/mol. The van der Waals surface area contributed by atoms with E-state index >= 15 is 0 Å². The zero-order valence-electron chi connectivity index (χ0n) is 14.6. The summed E-state index contributed by atoms with van der Waals surface area (Å²) in [5.74, 6) is 0.422. The molecule has 0 spiro atoms. The van der Waals surface area contributed by atoms with E-state index in [1.807, 2.05) is 30.0 Å². The highest BCUT2D eigenvalue weighted by molar-refractivity contribution is 5.97. The molecule has 4 nitrogen and oxygen atoms in total. The minimum absolute atomic E-state index is 0.166. The first-order valence-corrected chi connectivity index (χ1v) is 8.62. The zero-order chi connectivity index (χ0) is 16.8. The molecule has 1 saturated heterocycles. The van der Waals surface area contributed by atoms with E-state index in [0.29, 0.717) is 13.0 Å². The third kappa shape index (κ3) is 4.90. The predicted molar refractivity (Wildman–Crippen MR) is 92.8 cm³/mol. The standard InChI is InChI=1S/C19H28N2O2/c1-4-5-6-19(23)21-11-9-20(10-12-21)14-18(22)17-8-7-15(2)16(3)13-17/h7-8,13H,4-6,9-12,14H2,1-3H3. The first-order chi connectivity index (χ1) is 11.0. The van der Waals surface area contributed by atoms with E-state index in [4.69, 9.17) is 0 Å². The fourth-order valence-electron chi connectivity index (χ4n) is 2.85. The van der Waals surface area contributed by atoms with Crippen molar-refractivity contribution >= 4 is 11.7 Å². The third-order valence-electron chi connectivity index (χ3n) is 4.67. The molecule has 0 atom stereocenters. The van der Waals surface area contributed by atoms with Gasteiger partial charge in [-0.15, -0.1) is 0 Å². The molecular formula is C19H28N2O2. The van der Waals surface area contributed by atoms with E-state index in [9.17, 15) is 9.59 Å². The summed E-state index contributed by atoms with van der Waals surface area (Å²) < 4.78 is 0. The van der Waals surface area contributed by atoms with Crippen LogP contribution in [0.5, 0.6) is 0 Å². The molecule has 1 amide bonds. The number of rotatable bonds is 6. The number of Topliss-reactive ketones (excluding diaryl/α,β-unsaturated/α-hetero) is 1. The Bertz CT molecular complexity index is 560. The molecule has 1 aromatic carbocycles. The first-order valence-electron chi connectivity index (χ1n) is 8.62. The fourth-order valence-corrected chi connectivity index (χ4v) is 2.85. The molecule has 4 heteroatoms. The second kappa shape index (κ2) is 8.25. The Kier molecular flexibility index (Phi) is 6.34. The first kappa shape index (κ1) is 17.7. The van der Waals surface area contributed by atoms with Gasteiger partial charge in [0.1, 0.15) is 0 Å². The van der Waals surface area contributed by atoms with Crippen molar-refractivity contribution in [3.05, 3.63) is 34.9 Å². The number of hydrogen-bond acceptors (Lipinski definition) is 3. The van der Waals surface area contributed by atoms with Gasteiger partial charge in [0.25, 0.3) is 0 Å². The van der Waals surface area contributed by atoms with Crippen LogP contribution in [-0.2, 0) is 4.79 Å². The topological polar surface area (TPSA) is 40.6 Å². The maximum atomic E-state index is 12.4. The van der Waals surface area contributed by atoms with Crippen molar-refractivity contribution in [2.75, 3.05) is 32.7 Å². The van der Waals surface area contributed by atoms with Crippen LogP contribution in [0.4, 0.5) is 0 Å². The van der Waals surface area contributed by atoms with Crippen molar-refractivity contribution in [2.24, 2.45) is 0 Å². The van der Waals surface area contributed by atoms with E-state index in [0.717, 1.165) is 50.1 Å². The van der Waals surface area contributed by atoms with Gasteiger partial charge in [0.15, 0.2) is 5.78 Å². The fraction of sp³-hybridized carbons (Fsp3) is 0.579. The van der Waals surface area contributed by atoms with Crippen LogP contribution in [0.2, 0.25) is 0 Å². The van der Waals surface area contributed by atoms with Crippen molar-refractivity contribution in [3.63, 3.8) is 0 Å². The number of carbonyl (C=O) groups is 2. The minimum atomic E-state index is 0.166. The molecule has 2 rings (SSSR count). The van der Waals surface area contributed by atoms with E-state index in [2.05, 4.69) is 18.7 Å². The van der Waals surface area contributed by atoms with Crippen LogP contribution in [0.25, 0.3) is 0 Å². The van der Waals surface area contributed by atoms with E-state index in [1.165, 1.54) is 5.56 Å². The van der Waals surface area contributed by atoms with Crippen molar-refractivity contribution in [1.82, 2.24) is 9.80 Å². The number of unbranched alkanes of at least 4 members (excludes halogenated alkanes) is 1. The monoisotopic (exact) mass is 316 g/mol. The summed E-state index contributed by atoms with van der Waals surface area (Å²) in [5.41, 5.74) is 3.15. The summed E-state index contributed by atoms with van der Waals surface area (Å²) in [5, 5.41) is 0. The molecule has 1 fully saturated rings. The highest BCUT2D eigenvalue weighted by Gasteiger charge is 2.22. The van der Waals surface area contributed by atoms with E-state index < -0.39 is 0 Å². The molecule has 23 heavy (non-hydrogen) atoms. The van der Waals surface area contributed by atoms with Gasteiger partial charge in [-0.2, -0.15) is 0 Å². The molecule has 0 aromatic heterocycles. The number of ketones is 1. The van der Waals surface area contributed by atoms with Crippen LogP contribution in [-0.4, -0.2) is 54.2 Å². The minimum Gasteiger partial charge on any atom is -0.340 e. The quantitative estimate of drug-likeness (QED) is 0.758. The lowest BCUT2D eigenvalue weighted by atomic mass is 10.0. The predicted octanol–water partition coefficient (Wildman–Crippen LogP) is 2.82. The van der Waals surface area contributed by atoms with Gasteiger partial charge in [-0.3, -0.25) is 14.5 Å². The second-order valence-corrected chi connectivity index (χ2v) is 6.48. The van der Waals surface area contributed by atoms with Crippen molar-refractivity contribution in [2.45, 2.75) is 40.0 Å². The Hall–Kier alpha value is -1.68. The largest absolute Gasteiger partial charge is 0.340 e. The number of nitrogens with zero attached hydrogens (tertiary/aromatic N) is 2. The second-order valence-electron chi connectivity index (χ2n) is 6.48. The Balaban J connectivity index is 1.82. The van der Waals surface area contributed by atoms with Crippen molar-refractivity contribution in [3.8, 4) is 0 Å². The average molecular weight is 316 g/mol. The van der Waals surface area contributed by atoms with E-state index in [-0.39, 0.29) is 11.7 Å². The van der Waals surface area contributed by atoms with Crippen LogP contribution in [0.3, 0.4) is 0 Å². The summed E-state index contributed by atoms with van der Waals surface area (Å²) in [6, 6.07) is 5.89. The maximum Gasteiger partial charge on any atom is 0.222 e. The smallest absolute Gasteiger partial charge is 0.222 e. The van der Waals surface area contributed by atoms with Crippen molar-refractivity contribution in [1.29, 1.82) is 0 Å². The lowest BCUT2D eigenvalue weighted by Crippen LogP contribution is -2.49. The third-order valence-corrected chi connectivity index (χ3v) is 4.67. The Morgan fingerprint density at radius 3 is 2.35 bits per heavy atom. The van der Waals surface area contributed by atoms with Gasteiger partial charge in [0.05, 0.1) is 6.54 Å². The Morgan fingerprint density at radius 1 is 1.04 bits per heavy atom. The average Bonchev–Trinajstić information content (AvgIpc) is 2.55. The molecule has 0 bridgehead atoms. The maximum absolute atomic E-state index is 12.4. The summed E-state index contributed by atoms with van der Waals surface area (Å²) in [6.45, 7) is 9.68. The Labute approximate surface area is 139 Å². The molecule has 0 unspecified atom stereocenters. The highest BCUT2D eigenvalue weighted by atomic mass is 16.2. The lowest BCUT2D eigenvalue weighted by Gasteiger charge is -2.34. The van der Waals surface area contributed by atoms with Crippen LogP contribution >= 0.6 is 0 Å². The Morgan fingerprint density at radius 2 is 1.74 bits per heavy atom. The number of aryl methyl sites for hydroxylation is 2. The van der Waals surface area contributed by atoms with Crippen LogP contribution in [0.1, 0.15) is 47.7 Å². The number of piperazine rings is 1. The molecule has 1 aliphatic heterocycles. The summed E-state index contributed by atoms with van der Waals surface area (Å²) in [4.78, 5) is 28.5. The van der Waals surface area contributed by atoms with Gasteiger partial charge < -0.3 is 4.90 Å². The van der Waals surface area contributed by atoms with Gasteiger partial charge >= 0.3 is 0 Å². The SMILES string of the molecule is CCCCC(=O)N1CCN(CC(=O)c2ccc(C)c(C)c2)CC1. The molecule has 126 valence electrons. The number of carbonyl (C=O) groups excluding carboxylic acids is 2. The lowest BCUT2D eigenvalue weighted by molar-refractivity contribution is -0.132. The molecule has 1 aliphatic rings. The van der Waals surface area contributed by atoms with Gasteiger partial charge in [0.2, 0.25) is 5.91 Å². The van der Waals surface area contributed by atoms with E-state index in [1.54, 1.807) is 0 Å². The van der Waals surface area contributed by atoms with Crippen LogP contribution in [0.15, 0.2) is 18.2 Å². The highest BCUT2D eigenvalue weighted by Crippen LogP contribution is 2.12. The molecule has 1 aromatic rings. The number of benzene rings is 1.